The maximum absolute atomic E-state index is 14.8. The summed E-state index contributed by atoms with van der Waals surface area (Å²) in [4.78, 5) is 47.9. The standard InChI is InChI=1S/C32H32FN7O5/c1-17-19-3-5-25(32(19)8-6-31(17,7-9-32)30(43)44)38-29(42)23-13-21(37-27-20(33)15-36-40(23)27)28(41)35-14-18-2-4-24-22(12-18)39-11-10-34-26(39)16-45-24/h2,4,10-13,15,17,19,25H,3,5-9,14,16H2,1H3,(H,35,41)(H,38,42)(H,43,44)/t17?,19?,25-,31?,32?/m0/s1. The molecule has 4 fully saturated rings. The Morgan fingerprint density at radius 3 is 2.76 bits per heavy atom. The van der Waals surface area contributed by atoms with Crippen LogP contribution in [-0.4, -0.2) is 53.1 Å². The molecular formula is C32H32FN7O5. The molecule has 5 aliphatic rings. The molecule has 13 heteroatoms. The molecule has 3 N–H and O–H groups in total. The molecule has 1 aromatic carbocycles. The van der Waals surface area contributed by atoms with E-state index in [1.165, 1.54) is 6.07 Å². The van der Waals surface area contributed by atoms with Gasteiger partial charge in [-0.05, 0) is 73.5 Å². The van der Waals surface area contributed by atoms with Crippen LogP contribution >= 0.6 is 0 Å². The van der Waals surface area contributed by atoms with E-state index in [9.17, 15) is 23.9 Å². The summed E-state index contributed by atoms with van der Waals surface area (Å²) < 4.78 is 23.6. The van der Waals surface area contributed by atoms with Gasteiger partial charge in [0.1, 0.15) is 23.7 Å². The normalized spacial score (nSPS) is 27.7. The van der Waals surface area contributed by atoms with Crippen LogP contribution in [-0.2, 0) is 17.9 Å². The Kier molecular flexibility index (Phi) is 6.07. The number of rotatable bonds is 6. The minimum atomic E-state index is -0.748. The fraction of sp³-hybridized carbons (Fsp3) is 0.438. The Labute approximate surface area is 257 Å². The van der Waals surface area contributed by atoms with E-state index < -0.39 is 29.0 Å². The number of halogens is 1. The van der Waals surface area contributed by atoms with Gasteiger partial charge < -0.3 is 20.5 Å². The summed E-state index contributed by atoms with van der Waals surface area (Å²) in [6, 6.07) is 6.77. The number of hydrogen-bond donors (Lipinski definition) is 3. The minimum Gasteiger partial charge on any atom is -0.483 e. The highest BCUT2D eigenvalue weighted by molar-refractivity contribution is 5.98. The number of carboxylic acids is 1. The van der Waals surface area contributed by atoms with E-state index in [1.807, 2.05) is 35.9 Å². The number of nitrogens with one attached hydrogen (secondary N) is 2. The Balaban J connectivity index is 1.03. The van der Waals surface area contributed by atoms with Gasteiger partial charge >= 0.3 is 5.97 Å². The number of imidazole rings is 1. The number of ether oxygens (including phenoxy) is 1. The number of aromatic nitrogens is 5. The van der Waals surface area contributed by atoms with Crippen LogP contribution in [0, 0.1) is 28.5 Å². The first-order valence-electron chi connectivity index (χ1n) is 15.4. The molecule has 4 aromatic rings. The summed E-state index contributed by atoms with van der Waals surface area (Å²) >= 11 is 0. The Hall–Kier alpha value is -4.81. The summed E-state index contributed by atoms with van der Waals surface area (Å²) in [5.41, 5.74) is 0.433. The van der Waals surface area contributed by atoms with Gasteiger partial charge in [0.05, 0.1) is 17.3 Å². The number of carbonyl (C=O) groups excluding carboxylic acids is 2. The average Bonchev–Trinajstić information content (AvgIpc) is 3.78. The molecule has 4 saturated carbocycles. The van der Waals surface area contributed by atoms with Crippen molar-refractivity contribution in [2.24, 2.45) is 22.7 Å². The molecule has 4 heterocycles. The van der Waals surface area contributed by atoms with E-state index in [2.05, 4.69) is 25.7 Å². The largest absolute Gasteiger partial charge is 0.483 e. The average molecular weight is 614 g/mol. The molecule has 1 spiro atoms. The highest BCUT2D eigenvalue weighted by Crippen LogP contribution is 2.68. The number of nitrogens with zero attached hydrogens (tertiary/aromatic N) is 5. The molecule has 1 aliphatic heterocycles. The first kappa shape index (κ1) is 27.7. The zero-order valence-electron chi connectivity index (χ0n) is 24.6. The lowest BCUT2D eigenvalue weighted by Gasteiger charge is -2.59. The van der Waals surface area contributed by atoms with Crippen LogP contribution in [0.3, 0.4) is 0 Å². The zero-order valence-corrected chi connectivity index (χ0v) is 24.6. The van der Waals surface area contributed by atoms with Gasteiger partial charge in [0.25, 0.3) is 11.8 Å². The Morgan fingerprint density at radius 2 is 1.96 bits per heavy atom. The van der Waals surface area contributed by atoms with Gasteiger partial charge in [-0.25, -0.2) is 18.9 Å². The summed E-state index contributed by atoms with van der Waals surface area (Å²) in [6.07, 6.45) is 8.78. The maximum atomic E-state index is 14.8. The number of aliphatic carboxylic acids is 1. The molecule has 0 saturated heterocycles. The summed E-state index contributed by atoms with van der Waals surface area (Å²) in [5, 5.41) is 20.1. The van der Waals surface area contributed by atoms with Crippen LogP contribution in [0.1, 0.15) is 77.8 Å². The highest BCUT2D eigenvalue weighted by atomic mass is 19.1. The van der Waals surface area contributed by atoms with Crippen molar-refractivity contribution in [2.45, 2.75) is 64.6 Å². The van der Waals surface area contributed by atoms with E-state index >= 15 is 0 Å². The number of benzene rings is 1. The van der Waals surface area contributed by atoms with Crippen molar-refractivity contribution in [2.75, 3.05) is 0 Å². The van der Waals surface area contributed by atoms with Crippen molar-refractivity contribution in [3.05, 3.63) is 71.4 Å². The number of amides is 2. The van der Waals surface area contributed by atoms with E-state index in [0.717, 1.165) is 53.5 Å². The van der Waals surface area contributed by atoms with Crippen molar-refractivity contribution in [3.8, 4) is 11.4 Å². The maximum Gasteiger partial charge on any atom is 0.309 e. The lowest BCUT2D eigenvalue weighted by molar-refractivity contribution is -0.175. The highest BCUT2D eigenvalue weighted by Gasteiger charge is 2.66. The van der Waals surface area contributed by atoms with Gasteiger partial charge in [0.15, 0.2) is 17.3 Å². The van der Waals surface area contributed by atoms with E-state index in [1.54, 1.807) is 6.20 Å². The number of carboxylic acid groups (broad SMARTS) is 1. The monoisotopic (exact) mass is 613 g/mol. The van der Waals surface area contributed by atoms with Crippen LogP contribution in [0.4, 0.5) is 4.39 Å². The van der Waals surface area contributed by atoms with Crippen LogP contribution in [0.25, 0.3) is 11.3 Å². The van der Waals surface area contributed by atoms with Gasteiger partial charge in [-0.3, -0.25) is 19.0 Å². The second-order valence-corrected chi connectivity index (χ2v) is 12.9. The quantitative estimate of drug-likeness (QED) is 0.298. The molecular weight excluding hydrogens is 581 g/mol. The topological polar surface area (TPSA) is 153 Å². The van der Waals surface area contributed by atoms with E-state index in [-0.39, 0.29) is 46.9 Å². The van der Waals surface area contributed by atoms with Crippen LogP contribution < -0.4 is 15.4 Å². The van der Waals surface area contributed by atoms with Gasteiger partial charge in [-0.2, -0.15) is 5.10 Å². The molecule has 2 unspecified atom stereocenters. The van der Waals surface area contributed by atoms with Crippen molar-refractivity contribution in [1.29, 1.82) is 0 Å². The smallest absolute Gasteiger partial charge is 0.309 e. The predicted molar refractivity (Wildman–Crippen MR) is 156 cm³/mol. The van der Waals surface area contributed by atoms with Gasteiger partial charge in [-0.1, -0.05) is 13.0 Å². The molecule has 45 heavy (non-hydrogen) atoms. The summed E-state index contributed by atoms with van der Waals surface area (Å²) in [6.45, 7) is 2.58. The van der Waals surface area contributed by atoms with Gasteiger partial charge in [-0.15, -0.1) is 0 Å². The first-order valence-corrected chi connectivity index (χ1v) is 15.4. The van der Waals surface area contributed by atoms with Crippen LogP contribution in [0.5, 0.6) is 5.75 Å². The second kappa shape index (κ2) is 9.85. The Bertz CT molecular complexity index is 1890. The molecule has 3 aromatic heterocycles. The van der Waals surface area contributed by atoms with Crippen molar-refractivity contribution in [3.63, 3.8) is 0 Å². The third kappa shape index (κ3) is 4.02. The molecule has 12 nitrogen and oxygen atoms in total. The summed E-state index contributed by atoms with van der Waals surface area (Å²) in [7, 11) is 0. The predicted octanol–water partition coefficient (Wildman–Crippen LogP) is 3.67. The third-order valence-corrected chi connectivity index (χ3v) is 11.2. The van der Waals surface area contributed by atoms with Crippen LogP contribution in [0.2, 0.25) is 0 Å². The number of carbonyl (C=O) groups is 3. The summed E-state index contributed by atoms with van der Waals surface area (Å²) in [5.74, 6) is -0.791. The molecule has 2 amide bonds. The van der Waals surface area contributed by atoms with Gasteiger partial charge in [0.2, 0.25) is 0 Å². The molecule has 2 bridgehead atoms. The molecule has 9 rings (SSSR count). The van der Waals surface area contributed by atoms with Crippen molar-refractivity contribution >= 4 is 23.4 Å². The van der Waals surface area contributed by atoms with Crippen LogP contribution in [0.15, 0.2) is 42.9 Å². The first-order chi connectivity index (χ1) is 21.7. The Morgan fingerprint density at radius 1 is 1.13 bits per heavy atom. The molecule has 4 aliphatic carbocycles. The fourth-order valence-corrected chi connectivity index (χ4v) is 8.78. The number of hydrogen-bond acceptors (Lipinski definition) is 7. The second-order valence-electron chi connectivity index (χ2n) is 12.9. The lowest BCUT2D eigenvalue weighted by atomic mass is 9.45. The number of fused-ring (bicyclic) bond motifs is 6. The molecule has 0 radical (unpaired) electrons. The SMILES string of the molecule is CC1C2CC[C@H](NC(=O)c3cc(C(=O)NCc4ccc5c(c4)-n4ccnc4CO5)nc4c(F)cnn34)C23CCC1(C(=O)O)CC3. The molecule has 232 valence electrons. The van der Waals surface area contributed by atoms with Crippen molar-refractivity contribution in [1.82, 2.24) is 34.8 Å². The minimum absolute atomic E-state index is 0.00650. The van der Waals surface area contributed by atoms with E-state index in [4.69, 9.17) is 4.74 Å². The van der Waals surface area contributed by atoms with Gasteiger partial charge in [0, 0.05) is 31.0 Å². The zero-order chi connectivity index (χ0) is 31.1. The fourth-order valence-electron chi connectivity index (χ4n) is 8.78. The third-order valence-electron chi connectivity index (χ3n) is 11.2. The van der Waals surface area contributed by atoms with E-state index in [0.29, 0.717) is 25.2 Å². The molecule has 3 atom stereocenters. The lowest BCUT2D eigenvalue weighted by Crippen LogP contribution is -2.60. The van der Waals surface area contributed by atoms with Crippen molar-refractivity contribution < 1.29 is 28.6 Å².